The van der Waals surface area contributed by atoms with Crippen molar-refractivity contribution < 1.29 is 8.91 Å². The first-order chi connectivity index (χ1) is 8.25. The number of rotatable bonds is 5. The Morgan fingerprint density at radius 3 is 3.00 bits per heavy atom. The van der Waals surface area contributed by atoms with E-state index in [-0.39, 0.29) is 5.82 Å². The van der Waals surface area contributed by atoms with Crippen LogP contribution < -0.4 is 5.32 Å². The van der Waals surface area contributed by atoms with Crippen molar-refractivity contribution in [1.29, 1.82) is 0 Å². The van der Waals surface area contributed by atoms with Crippen LogP contribution in [0.1, 0.15) is 11.5 Å². The van der Waals surface area contributed by atoms with Gasteiger partial charge in [0.2, 0.25) is 5.89 Å². The van der Waals surface area contributed by atoms with E-state index in [9.17, 15) is 4.39 Å². The second-order valence-corrected chi connectivity index (χ2v) is 3.93. The number of nitrogens with one attached hydrogen (secondary N) is 1. The minimum absolute atomic E-state index is 0.303. The van der Waals surface area contributed by atoms with E-state index in [1.807, 2.05) is 0 Å². The predicted molar refractivity (Wildman–Crippen MR) is 61.1 cm³/mol. The molecule has 6 heteroatoms. The van der Waals surface area contributed by atoms with Crippen molar-refractivity contribution in [3.63, 3.8) is 0 Å². The standard InChI is InChI=1S/C11H11ClFN3O/c12-9-2-1-8(10(13)5-9)6-14-4-3-11-15-7-16-17-11/h1-2,5,7,14H,3-4,6H2. The van der Waals surface area contributed by atoms with Crippen molar-refractivity contribution in [3.05, 3.63) is 46.8 Å². The molecule has 0 aliphatic carbocycles. The van der Waals surface area contributed by atoms with E-state index in [4.69, 9.17) is 16.1 Å². The highest BCUT2D eigenvalue weighted by Crippen LogP contribution is 2.14. The van der Waals surface area contributed by atoms with Gasteiger partial charge < -0.3 is 9.84 Å². The Balaban J connectivity index is 1.78. The van der Waals surface area contributed by atoms with Crippen molar-refractivity contribution in [2.45, 2.75) is 13.0 Å². The van der Waals surface area contributed by atoms with Gasteiger partial charge in [0.25, 0.3) is 0 Å². The van der Waals surface area contributed by atoms with Crippen LogP contribution in [0, 0.1) is 5.82 Å². The van der Waals surface area contributed by atoms with Gasteiger partial charge in [-0.25, -0.2) is 4.39 Å². The normalized spacial score (nSPS) is 10.7. The molecule has 2 aromatic rings. The summed E-state index contributed by atoms with van der Waals surface area (Å²) in [7, 11) is 0. The summed E-state index contributed by atoms with van der Waals surface area (Å²) >= 11 is 5.66. The third kappa shape index (κ3) is 3.51. The number of halogens is 2. The highest BCUT2D eigenvalue weighted by molar-refractivity contribution is 6.30. The minimum Gasteiger partial charge on any atom is -0.340 e. The molecule has 0 saturated carbocycles. The van der Waals surface area contributed by atoms with E-state index in [2.05, 4.69) is 15.5 Å². The number of hydrogen-bond donors (Lipinski definition) is 1. The molecule has 0 unspecified atom stereocenters. The zero-order chi connectivity index (χ0) is 12.1. The van der Waals surface area contributed by atoms with Crippen LogP contribution in [-0.2, 0) is 13.0 Å². The van der Waals surface area contributed by atoms with Gasteiger partial charge in [-0.05, 0) is 12.1 Å². The van der Waals surface area contributed by atoms with E-state index >= 15 is 0 Å². The molecule has 90 valence electrons. The van der Waals surface area contributed by atoms with Crippen LogP contribution in [0.5, 0.6) is 0 Å². The van der Waals surface area contributed by atoms with Crippen LogP contribution in [0.4, 0.5) is 4.39 Å². The van der Waals surface area contributed by atoms with Crippen LogP contribution in [0.2, 0.25) is 5.02 Å². The third-order valence-electron chi connectivity index (χ3n) is 2.25. The Morgan fingerprint density at radius 1 is 1.41 bits per heavy atom. The summed E-state index contributed by atoms with van der Waals surface area (Å²) in [5, 5.41) is 6.98. The van der Waals surface area contributed by atoms with Gasteiger partial charge >= 0.3 is 0 Å². The molecule has 0 atom stereocenters. The van der Waals surface area contributed by atoms with Crippen molar-refractivity contribution in [1.82, 2.24) is 15.5 Å². The molecule has 0 spiro atoms. The Labute approximate surface area is 103 Å². The average molecular weight is 256 g/mol. The van der Waals surface area contributed by atoms with Crippen LogP contribution in [0.3, 0.4) is 0 Å². The molecule has 0 bridgehead atoms. The molecule has 0 aliphatic heterocycles. The van der Waals surface area contributed by atoms with Crippen LogP contribution in [0.15, 0.2) is 29.0 Å². The summed E-state index contributed by atoms with van der Waals surface area (Å²) in [6, 6.07) is 4.63. The van der Waals surface area contributed by atoms with Crippen LogP contribution in [-0.4, -0.2) is 16.7 Å². The van der Waals surface area contributed by atoms with Gasteiger partial charge in [0, 0.05) is 30.1 Å². The maximum absolute atomic E-state index is 13.4. The molecule has 2 rings (SSSR count). The van der Waals surface area contributed by atoms with Crippen molar-refractivity contribution >= 4 is 11.6 Å². The molecule has 4 nitrogen and oxygen atoms in total. The van der Waals surface area contributed by atoms with E-state index in [1.165, 1.54) is 12.4 Å². The number of benzene rings is 1. The van der Waals surface area contributed by atoms with Crippen LogP contribution in [0.25, 0.3) is 0 Å². The summed E-state index contributed by atoms with van der Waals surface area (Å²) in [4.78, 5) is 3.88. The number of hydrogen-bond acceptors (Lipinski definition) is 4. The molecule has 0 radical (unpaired) electrons. The summed E-state index contributed by atoms with van der Waals surface area (Å²) in [5.74, 6) is 0.261. The molecule has 17 heavy (non-hydrogen) atoms. The minimum atomic E-state index is -0.303. The summed E-state index contributed by atoms with van der Waals surface area (Å²) < 4.78 is 18.2. The van der Waals surface area contributed by atoms with Gasteiger partial charge in [-0.15, -0.1) is 0 Å². The first kappa shape index (κ1) is 12.0. The molecule has 0 fully saturated rings. The van der Waals surface area contributed by atoms with Gasteiger partial charge in [0.1, 0.15) is 5.82 Å². The van der Waals surface area contributed by atoms with Gasteiger partial charge in [0.15, 0.2) is 6.33 Å². The van der Waals surface area contributed by atoms with Crippen LogP contribution >= 0.6 is 11.6 Å². The fourth-order valence-corrected chi connectivity index (χ4v) is 1.55. The SMILES string of the molecule is Fc1cc(Cl)ccc1CNCCc1ncno1. The lowest BCUT2D eigenvalue weighted by Crippen LogP contribution is -2.17. The third-order valence-corrected chi connectivity index (χ3v) is 2.49. The molecule has 1 N–H and O–H groups in total. The molecule has 1 aromatic heterocycles. The number of aromatic nitrogens is 2. The lowest BCUT2D eigenvalue weighted by Gasteiger charge is -2.04. The van der Waals surface area contributed by atoms with Gasteiger partial charge in [-0.1, -0.05) is 22.8 Å². The van der Waals surface area contributed by atoms with E-state index in [0.717, 1.165) is 0 Å². The van der Waals surface area contributed by atoms with E-state index in [1.54, 1.807) is 12.1 Å². The topological polar surface area (TPSA) is 51.0 Å². The Kier molecular flexibility index (Phi) is 4.06. The Bertz CT molecular complexity index is 476. The summed E-state index contributed by atoms with van der Waals surface area (Å²) in [5.41, 5.74) is 0.583. The zero-order valence-electron chi connectivity index (χ0n) is 8.99. The first-order valence-corrected chi connectivity index (χ1v) is 5.53. The van der Waals surface area contributed by atoms with Gasteiger partial charge in [-0.3, -0.25) is 0 Å². The molecule has 0 amide bonds. The highest BCUT2D eigenvalue weighted by Gasteiger charge is 2.03. The predicted octanol–water partition coefficient (Wildman–Crippen LogP) is 2.19. The summed E-state index contributed by atoms with van der Waals surface area (Å²) in [6.07, 6.45) is 1.98. The molecule has 0 saturated heterocycles. The number of nitrogens with zero attached hydrogens (tertiary/aromatic N) is 2. The molecule has 1 aromatic carbocycles. The quantitative estimate of drug-likeness (QED) is 0.832. The lowest BCUT2D eigenvalue weighted by atomic mass is 10.2. The molecular weight excluding hydrogens is 245 g/mol. The Hall–Kier alpha value is -1.46. The van der Waals surface area contributed by atoms with Gasteiger partial charge in [0.05, 0.1) is 0 Å². The average Bonchev–Trinajstić information content (AvgIpc) is 2.79. The Morgan fingerprint density at radius 2 is 2.29 bits per heavy atom. The maximum Gasteiger partial charge on any atom is 0.227 e. The fraction of sp³-hybridized carbons (Fsp3) is 0.273. The smallest absolute Gasteiger partial charge is 0.227 e. The lowest BCUT2D eigenvalue weighted by molar-refractivity contribution is 0.374. The monoisotopic (exact) mass is 255 g/mol. The zero-order valence-corrected chi connectivity index (χ0v) is 9.75. The van der Waals surface area contributed by atoms with Crippen molar-refractivity contribution in [2.75, 3.05) is 6.54 Å². The first-order valence-electron chi connectivity index (χ1n) is 5.16. The van der Waals surface area contributed by atoms with Gasteiger partial charge in [-0.2, -0.15) is 4.98 Å². The fourth-order valence-electron chi connectivity index (χ4n) is 1.39. The second kappa shape index (κ2) is 5.75. The molecule has 1 heterocycles. The van der Waals surface area contributed by atoms with E-state index < -0.39 is 0 Å². The van der Waals surface area contributed by atoms with Crippen molar-refractivity contribution in [2.24, 2.45) is 0 Å². The largest absolute Gasteiger partial charge is 0.340 e. The molecular formula is C11H11ClFN3O. The van der Waals surface area contributed by atoms with E-state index in [0.29, 0.717) is 36.0 Å². The summed E-state index contributed by atoms with van der Waals surface area (Å²) in [6.45, 7) is 1.08. The maximum atomic E-state index is 13.4. The second-order valence-electron chi connectivity index (χ2n) is 3.50. The molecule has 0 aliphatic rings. The van der Waals surface area contributed by atoms with Crippen molar-refractivity contribution in [3.8, 4) is 0 Å². The highest BCUT2D eigenvalue weighted by atomic mass is 35.5.